The smallest absolute Gasteiger partial charge is 0.252 e. The fraction of sp³-hybridized carbons (Fsp3) is 0.111. The molecule has 12 heavy (non-hydrogen) atoms. The molecular weight excluding hydrogens is 150 g/mol. The van der Waals surface area contributed by atoms with Crippen LogP contribution in [0.3, 0.4) is 0 Å². The van der Waals surface area contributed by atoms with Crippen LogP contribution in [-0.4, -0.2) is 5.87 Å². The largest absolute Gasteiger partial charge is 0.351 e. The van der Waals surface area contributed by atoms with Gasteiger partial charge in [-0.1, -0.05) is 0 Å². The number of aromatic nitrogens is 1. The third-order valence-corrected chi connectivity index (χ3v) is 1.48. The Morgan fingerprint density at radius 2 is 2.08 bits per heavy atom. The van der Waals surface area contributed by atoms with Crippen molar-refractivity contribution < 1.29 is 4.57 Å². The Hall–Kier alpha value is -1.91. The topological polar surface area (TPSA) is 51.5 Å². The third-order valence-electron chi connectivity index (χ3n) is 1.48. The van der Waals surface area contributed by atoms with E-state index < -0.39 is 0 Å². The molecule has 1 N–H and O–H groups in total. The molecule has 58 valence electrons. The van der Waals surface area contributed by atoms with E-state index in [9.17, 15) is 0 Å². The molecular formula is C9H8N3+. The number of aryl methyl sites for hydroxylation is 1. The maximum absolute atomic E-state index is 8.56. The van der Waals surface area contributed by atoms with Crippen molar-refractivity contribution in [2.24, 2.45) is 0 Å². The van der Waals surface area contributed by atoms with Crippen molar-refractivity contribution in [3.63, 3.8) is 0 Å². The van der Waals surface area contributed by atoms with Gasteiger partial charge in [0.2, 0.25) is 0 Å². The van der Waals surface area contributed by atoms with Crippen LogP contribution in [0.25, 0.3) is 5.70 Å². The second kappa shape index (κ2) is 3.47. The van der Waals surface area contributed by atoms with Crippen LogP contribution in [-0.2, 0) is 0 Å². The predicted molar refractivity (Wildman–Crippen MR) is 44.4 cm³/mol. The van der Waals surface area contributed by atoms with E-state index in [4.69, 9.17) is 10.7 Å². The maximum atomic E-state index is 8.56. The molecule has 1 rings (SSSR count). The summed E-state index contributed by atoms with van der Waals surface area (Å²) in [6, 6.07) is 5.61. The average Bonchev–Trinajstić information content (AvgIpc) is 2.10. The highest BCUT2D eigenvalue weighted by molar-refractivity contribution is 5.80. The Kier molecular flexibility index (Phi) is 2.37. The molecule has 0 unspecified atom stereocenters. The van der Waals surface area contributed by atoms with Gasteiger partial charge in [-0.2, -0.15) is 5.26 Å². The lowest BCUT2D eigenvalue weighted by molar-refractivity contribution is -0.576. The van der Waals surface area contributed by atoms with E-state index in [1.54, 1.807) is 17.0 Å². The summed E-state index contributed by atoms with van der Waals surface area (Å²) in [4.78, 5) is 0. The van der Waals surface area contributed by atoms with Crippen molar-refractivity contribution in [2.75, 3.05) is 0 Å². The molecule has 0 radical (unpaired) electrons. The highest BCUT2D eigenvalue weighted by atomic mass is 14.9. The average molecular weight is 158 g/mol. The molecule has 0 aromatic carbocycles. The molecule has 0 fully saturated rings. The van der Waals surface area contributed by atoms with Crippen LogP contribution >= 0.6 is 0 Å². The number of nitrogens with one attached hydrogen (secondary N) is 1. The summed E-state index contributed by atoms with van der Waals surface area (Å²) in [7, 11) is 0. The molecule has 0 atom stereocenters. The normalized spacial score (nSPS) is 8.33. The Bertz CT molecular complexity index is 364. The number of nitrogens with zero attached hydrogens (tertiary/aromatic N) is 2. The van der Waals surface area contributed by atoms with Gasteiger partial charge in [0.15, 0.2) is 18.5 Å². The molecule has 0 aliphatic carbocycles. The minimum Gasteiger partial charge on any atom is -0.252 e. The van der Waals surface area contributed by atoms with Crippen molar-refractivity contribution in [2.45, 2.75) is 6.92 Å². The number of nitriles is 1. The highest BCUT2D eigenvalue weighted by Gasteiger charge is 2.06. The van der Waals surface area contributed by atoms with Gasteiger partial charge in [0.25, 0.3) is 0 Å². The van der Waals surface area contributed by atoms with E-state index in [2.05, 4.69) is 5.87 Å². The summed E-state index contributed by atoms with van der Waals surface area (Å²) in [6.07, 6.45) is 3.46. The summed E-state index contributed by atoms with van der Waals surface area (Å²) in [5.41, 5.74) is 1.31. The van der Waals surface area contributed by atoms with Gasteiger partial charge < -0.3 is 0 Å². The van der Waals surface area contributed by atoms with E-state index in [-0.39, 0.29) is 5.70 Å². The van der Waals surface area contributed by atoms with Crippen LogP contribution in [0.4, 0.5) is 0 Å². The van der Waals surface area contributed by atoms with E-state index in [0.29, 0.717) is 0 Å². The van der Waals surface area contributed by atoms with E-state index in [0.717, 1.165) is 5.56 Å². The minimum atomic E-state index is 0.190. The van der Waals surface area contributed by atoms with Gasteiger partial charge in [-0.3, -0.25) is 5.41 Å². The molecule has 1 aromatic rings. The molecule has 1 aromatic heterocycles. The zero-order chi connectivity index (χ0) is 8.97. The minimum absolute atomic E-state index is 0.190. The summed E-state index contributed by atoms with van der Waals surface area (Å²) in [5, 5.41) is 15.4. The molecule has 0 spiro atoms. The summed E-state index contributed by atoms with van der Waals surface area (Å²) < 4.78 is 1.56. The number of hydrogen-bond donors (Lipinski definition) is 1. The lowest BCUT2D eigenvalue weighted by Crippen LogP contribution is -2.30. The molecule has 3 nitrogen and oxygen atoms in total. The van der Waals surface area contributed by atoms with E-state index in [1.165, 1.54) is 0 Å². The first-order valence-corrected chi connectivity index (χ1v) is 3.46. The first kappa shape index (κ1) is 8.19. The van der Waals surface area contributed by atoms with Crippen molar-refractivity contribution in [1.82, 2.24) is 0 Å². The second-order valence-electron chi connectivity index (χ2n) is 2.37. The molecule has 0 amide bonds. The van der Waals surface area contributed by atoms with Crippen LogP contribution in [0.2, 0.25) is 0 Å². The number of pyridine rings is 1. The molecule has 1 heterocycles. The van der Waals surface area contributed by atoms with Crippen LogP contribution in [0.15, 0.2) is 24.5 Å². The van der Waals surface area contributed by atoms with Gasteiger partial charge in [0.05, 0.1) is 5.87 Å². The molecule has 0 saturated heterocycles. The fourth-order valence-corrected chi connectivity index (χ4v) is 0.800. The van der Waals surface area contributed by atoms with Gasteiger partial charge in [-0.05, 0) is 12.5 Å². The quantitative estimate of drug-likeness (QED) is 0.368. The monoisotopic (exact) mass is 158 g/mol. The van der Waals surface area contributed by atoms with Crippen LogP contribution in [0.1, 0.15) is 5.56 Å². The second-order valence-corrected chi connectivity index (χ2v) is 2.37. The van der Waals surface area contributed by atoms with Crippen molar-refractivity contribution in [3.8, 4) is 6.07 Å². The van der Waals surface area contributed by atoms with E-state index in [1.807, 2.05) is 25.1 Å². The van der Waals surface area contributed by atoms with Crippen molar-refractivity contribution in [3.05, 3.63) is 30.1 Å². The van der Waals surface area contributed by atoms with Crippen LogP contribution in [0.5, 0.6) is 0 Å². The predicted octanol–water partition coefficient (Wildman–Crippen LogP) is 0.895. The van der Waals surface area contributed by atoms with Crippen LogP contribution in [0, 0.1) is 23.7 Å². The molecule has 0 aliphatic heterocycles. The first-order valence-electron chi connectivity index (χ1n) is 3.46. The van der Waals surface area contributed by atoms with Crippen LogP contribution < -0.4 is 4.57 Å². The Balaban J connectivity index is 3.15. The molecule has 0 aliphatic rings. The summed E-state index contributed by atoms with van der Waals surface area (Å²) in [5.74, 6) is 2.06. The number of hydrogen-bond acceptors (Lipinski definition) is 2. The lowest BCUT2D eigenvalue weighted by Gasteiger charge is -1.89. The van der Waals surface area contributed by atoms with Gasteiger partial charge in [0.1, 0.15) is 0 Å². The zero-order valence-corrected chi connectivity index (χ0v) is 6.70. The van der Waals surface area contributed by atoms with Gasteiger partial charge in [0, 0.05) is 12.1 Å². The Morgan fingerprint density at radius 1 is 1.50 bits per heavy atom. The summed E-state index contributed by atoms with van der Waals surface area (Å²) >= 11 is 0. The van der Waals surface area contributed by atoms with Gasteiger partial charge in [-0.25, -0.2) is 0 Å². The standard InChI is InChI=1S/C9H8N3/c1-8-2-4-12(5-3-8)9(6-10)7-11/h2-5,10H,1H3/q+1. The first-order chi connectivity index (χ1) is 5.77. The Labute approximate surface area is 70.7 Å². The Morgan fingerprint density at radius 3 is 2.50 bits per heavy atom. The SMILES string of the molecule is Cc1cc[n+](C(=C=N)C#N)cc1. The van der Waals surface area contributed by atoms with Crippen molar-refractivity contribution >= 4 is 11.6 Å². The molecule has 0 saturated carbocycles. The summed E-state index contributed by atoms with van der Waals surface area (Å²) in [6.45, 7) is 1.96. The maximum Gasteiger partial charge on any atom is 0.351 e. The van der Waals surface area contributed by atoms with Gasteiger partial charge >= 0.3 is 5.70 Å². The highest BCUT2D eigenvalue weighted by Crippen LogP contribution is 1.92. The van der Waals surface area contributed by atoms with E-state index >= 15 is 0 Å². The zero-order valence-electron chi connectivity index (χ0n) is 6.70. The third kappa shape index (κ3) is 1.57. The number of rotatable bonds is 1. The fourth-order valence-electron chi connectivity index (χ4n) is 0.800. The molecule has 3 heteroatoms. The number of allylic oxidation sites excluding steroid dienone is 1. The lowest BCUT2D eigenvalue weighted by atomic mass is 10.3. The van der Waals surface area contributed by atoms with Gasteiger partial charge in [-0.15, -0.1) is 4.57 Å². The van der Waals surface area contributed by atoms with Crippen molar-refractivity contribution in [1.29, 1.82) is 10.7 Å². The molecule has 0 bridgehead atoms.